The number of amides is 2. The Labute approximate surface area is 159 Å². The fourth-order valence-corrected chi connectivity index (χ4v) is 3.75. The van der Waals surface area contributed by atoms with Gasteiger partial charge in [0.2, 0.25) is 17.8 Å². The Morgan fingerprint density at radius 1 is 1.12 bits per heavy atom. The van der Waals surface area contributed by atoms with Crippen molar-refractivity contribution >= 4 is 29.4 Å². The lowest BCUT2D eigenvalue weighted by molar-refractivity contribution is -0.134. The summed E-state index contributed by atoms with van der Waals surface area (Å²) in [6.07, 6.45) is 6.78. The van der Waals surface area contributed by atoms with Crippen LogP contribution in [0.3, 0.4) is 0 Å². The van der Waals surface area contributed by atoms with Gasteiger partial charge in [-0.3, -0.25) is 9.59 Å². The number of rotatable bonds is 4. The Kier molecular flexibility index (Phi) is 6.29. The lowest BCUT2D eigenvalue weighted by Gasteiger charge is -2.33. The van der Waals surface area contributed by atoms with Crippen molar-refractivity contribution in [3.05, 3.63) is 17.4 Å². The maximum atomic E-state index is 12.4. The van der Waals surface area contributed by atoms with Crippen molar-refractivity contribution in [2.24, 2.45) is 11.8 Å². The van der Waals surface area contributed by atoms with Gasteiger partial charge in [-0.25, -0.2) is 9.97 Å². The lowest BCUT2D eigenvalue weighted by Crippen LogP contribution is -2.44. The second-order valence-electron chi connectivity index (χ2n) is 7.16. The molecule has 2 fully saturated rings. The molecule has 0 bridgehead atoms. The van der Waals surface area contributed by atoms with Gasteiger partial charge in [0.1, 0.15) is 0 Å². The first kappa shape index (κ1) is 18.9. The van der Waals surface area contributed by atoms with Crippen LogP contribution in [0.25, 0.3) is 0 Å². The van der Waals surface area contributed by atoms with Gasteiger partial charge in [-0.1, -0.05) is 11.6 Å². The summed E-state index contributed by atoms with van der Waals surface area (Å²) in [4.78, 5) is 36.2. The average Bonchev–Trinajstić information content (AvgIpc) is 2.67. The highest BCUT2D eigenvalue weighted by molar-refractivity contribution is 6.30. The number of halogens is 1. The Balaban J connectivity index is 1.38. The first-order chi connectivity index (χ1) is 12.5. The minimum absolute atomic E-state index is 0.0353. The van der Waals surface area contributed by atoms with E-state index >= 15 is 0 Å². The van der Waals surface area contributed by atoms with E-state index in [0.29, 0.717) is 30.0 Å². The minimum atomic E-state index is 0.0353. The zero-order chi connectivity index (χ0) is 18.5. The molecule has 26 heavy (non-hydrogen) atoms. The standard InChI is InChI=1S/C18H26ClN5O2/c1-13(25)23-8-4-15(5-9-23)17(26)20-10-14-2-6-24(7-3-14)18-21-11-16(19)12-22-18/h11-12,14-15H,2-10H2,1H3,(H,20,26). The SMILES string of the molecule is CC(=O)N1CCC(C(=O)NCC2CCN(c3ncc(Cl)cn3)CC2)CC1. The first-order valence-electron chi connectivity index (χ1n) is 9.28. The van der Waals surface area contributed by atoms with Crippen LogP contribution in [0.1, 0.15) is 32.6 Å². The third kappa shape index (κ3) is 4.84. The summed E-state index contributed by atoms with van der Waals surface area (Å²) in [5.41, 5.74) is 0. The Morgan fingerprint density at radius 2 is 1.73 bits per heavy atom. The van der Waals surface area contributed by atoms with Gasteiger partial charge in [-0.15, -0.1) is 0 Å². The molecule has 2 saturated heterocycles. The summed E-state index contributed by atoms with van der Waals surface area (Å²) in [6.45, 7) is 5.46. The zero-order valence-corrected chi connectivity index (χ0v) is 15.9. The molecule has 3 heterocycles. The van der Waals surface area contributed by atoms with Crippen LogP contribution in [-0.4, -0.2) is 59.4 Å². The van der Waals surface area contributed by atoms with Crippen LogP contribution < -0.4 is 10.2 Å². The number of carbonyl (C=O) groups excluding carboxylic acids is 2. The van der Waals surface area contributed by atoms with Gasteiger partial charge in [0.15, 0.2) is 0 Å². The molecular weight excluding hydrogens is 354 g/mol. The van der Waals surface area contributed by atoms with Crippen LogP contribution in [0.15, 0.2) is 12.4 Å². The number of aromatic nitrogens is 2. The molecule has 2 aliphatic rings. The highest BCUT2D eigenvalue weighted by Gasteiger charge is 2.27. The number of carbonyl (C=O) groups is 2. The van der Waals surface area contributed by atoms with Crippen molar-refractivity contribution < 1.29 is 9.59 Å². The predicted molar refractivity (Wildman–Crippen MR) is 100.0 cm³/mol. The lowest BCUT2D eigenvalue weighted by atomic mass is 9.94. The molecule has 2 amide bonds. The molecule has 2 aliphatic heterocycles. The van der Waals surface area contributed by atoms with Gasteiger partial charge in [-0.05, 0) is 31.6 Å². The van der Waals surface area contributed by atoms with Gasteiger partial charge in [0, 0.05) is 45.6 Å². The maximum absolute atomic E-state index is 12.4. The molecular formula is C18H26ClN5O2. The van der Waals surface area contributed by atoms with Crippen LogP contribution in [-0.2, 0) is 9.59 Å². The second kappa shape index (κ2) is 8.66. The monoisotopic (exact) mass is 379 g/mol. The minimum Gasteiger partial charge on any atom is -0.356 e. The molecule has 0 saturated carbocycles. The van der Waals surface area contributed by atoms with E-state index in [1.165, 1.54) is 0 Å². The number of hydrogen-bond donors (Lipinski definition) is 1. The van der Waals surface area contributed by atoms with Gasteiger partial charge in [-0.2, -0.15) is 0 Å². The van der Waals surface area contributed by atoms with E-state index in [1.807, 2.05) is 4.90 Å². The van der Waals surface area contributed by atoms with Gasteiger partial charge in [0.25, 0.3) is 0 Å². The zero-order valence-electron chi connectivity index (χ0n) is 15.2. The van der Waals surface area contributed by atoms with E-state index in [9.17, 15) is 9.59 Å². The molecule has 7 nitrogen and oxygen atoms in total. The van der Waals surface area contributed by atoms with Crippen molar-refractivity contribution in [3.63, 3.8) is 0 Å². The summed E-state index contributed by atoms with van der Waals surface area (Å²) in [7, 11) is 0. The summed E-state index contributed by atoms with van der Waals surface area (Å²) in [5.74, 6) is 1.47. The number of piperidine rings is 2. The number of hydrogen-bond acceptors (Lipinski definition) is 5. The van der Waals surface area contributed by atoms with E-state index in [4.69, 9.17) is 11.6 Å². The summed E-state index contributed by atoms with van der Waals surface area (Å²) >= 11 is 5.83. The fraction of sp³-hybridized carbons (Fsp3) is 0.667. The molecule has 0 aromatic carbocycles. The van der Waals surface area contributed by atoms with Crippen LogP contribution in [0.2, 0.25) is 5.02 Å². The van der Waals surface area contributed by atoms with Crippen LogP contribution in [0.5, 0.6) is 0 Å². The van der Waals surface area contributed by atoms with Crippen LogP contribution in [0, 0.1) is 11.8 Å². The second-order valence-corrected chi connectivity index (χ2v) is 7.59. The van der Waals surface area contributed by atoms with Gasteiger partial charge >= 0.3 is 0 Å². The molecule has 0 unspecified atom stereocenters. The van der Waals surface area contributed by atoms with Crippen LogP contribution in [0.4, 0.5) is 5.95 Å². The molecule has 1 N–H and O–H groups in total. The highest BCUT2D eigenvalue weighted by Crippen LogP contribution is 2.21. The highest BCUT2D eigenvalue weighted by atomic mass is 35.5. The number of nitrogens with zero attached hydrogens (tertiary/aromatic N) is 4. The summed E-state index contributed by atoms with van der Waals surface area (Å²) in [5, 5.41) is 3.66. The average molecular weight is 380 g/mol. The molecule has 1 aromatic heterocycles. The molecule has 0 spiro atoms. The number of likely N-dealkylation sites (tertiary alicyclic amines) is 1. The van der Waals surface area contributed by atoms with Gasteiger partial charge < -0.3 is 15.1 Å². The van der Waals surface area contributed by atoms with Crippen LogP contribution >= 0.6 is 11.6 Å². The molecule has 8 heteroatoms. The summed E-state index contributed by atoms with van der Waals surface area (Å²) in [6, 6.07) is 0. The molecule has 0 aliphatic carbocycles. The maximum Gasteiger partial charge on any atom is 0.225 e. The Bertz CT molecular complexity index is 623. The molecule has 3 rings (SSSR count). The fourth-order valence-electron chi connectivity index (χ4n) is 3.65. The summed E-state index contributed by atoms with van der Waals surface area (Å²) < 4.78 is 0. The Hall–Kier alpha value is -1.89. The number of anilines is 1. The Morgan fingerprint density at radius 3 is 2.31 bits per heavy atom. The van der Waals surface area contributed by atoms with E-state index in [-0.39, 0.29) is 17.7 Å². The third-order valence-electron chi connectivity index (χ3n) is 5.38. The van der Waals surface area contributed by atoms with E-state index in [0.717, 1.165) is 45.3 Å². The smallest absolute Gasteiger partial charge is 0.225 e. The van der Waals surface area contributed by atoms with Crippen molar-refractivity contribution in [1.82, 2.24) is 20.2 Å². The molecule has 142 valence electrons. The van der Waals surface area contributed by atoms with Crippen molar-refractivity contribution in [1.29, 1.82) is 0 Å². The molecule has 1 aromatic rings. The third-order valence-corrected chi connectivity index (χ3v) is 5.58. The van der Waals surface area contributed by atoms with Crippen molar-refractivity contribution in [3.8, 4) is 0 Å². The predicted octanol–water partition coefficient (Wildman–Crippen LogP) is 1.72. The molecule has 0 radical (unpaired) electrons. The van der Waals surface area contributed by atoms with E-state index < -0.39 is 0 Å². The van der Waals surface area contributed by atoms with Crippen molar-refractivity contribution in [2.45, 2.75) is 32.6 Å². The largest absolute Gasteiger partial charge is 0.356 e. The normalized spacial score (nSPS) is 19.5. The van der Waals surface area contributed by atoms with E-state index in [1.54, 1.807) is 19.3 Å². The number of nitrogens with one attached hydrogen (secondary N) is 1. The quantitative estimate of drug-likeness (QED) is 0.861. The first-order valence-corrected chi connectivity index (χ1v) is 9.66. The van der Waals surface area contributed by atoms with E-state index in [2.05, 4.69) is 20.2 Å². The molecule has 0 atom stereocenters. The topological polar surface area (TPSA) is 78.4 Å². The van der Waals surface area contributed by atoms with Gasteiger partial charge in [0.05, 0.1) is 17.4 Å². The van der Waals surface area contributed by atoms with Crippen molar-refractivity contribution in [2.75, 3.05) is 37.6 Å².